The number of nitrogens with one attached hydrogen (secondary N) is 2. The van der Waals surface area contributed by atoms with Gasteiger partial charge in [0.05, 0.1) is 12.4 Å². The molecule has 3 rings (SSSR count). The third-order valence-electron chi connectivity index (χ3n) is 4.68. The monoisotopic (exact) mass is 319 g/mol. The standard InChI is InChI=1S/C13H16F3N3O3/c14-13(15,16)10-9(17-6-18-10)11(21)19-7-5-8(20)12(7)1-3-22-4-2-12/h6-8,20H,1-5H2,(H,17,18)(H,19,21)/t7-,8-/m1/s1. The van der Waals surface area contributed by atoms with Gasteiger partial charge in [0.1, 0.15) is 0 Å². The molecule has 6 nitrogen and oxygen atoms in total. The van der Waals surface area contributed by atoms with Crippen LogP contribution in [0.2, 0.25) is 0 Å². The van der Waals surface area contributed by atoms with Crippen molar-refractivity contribution >= 4 is 5.91 Å². The van der Waals surface area contributed by atoms with E-state index in [9.17, 15) is 23.1 Å². The van der Waals surface area contributed by atoms with E-state index in [1.165, 1.54) is 0 Å². The Balaban J connectivity index is 1.74. The third kappa shape index (κ3) is 2.38. The lowest BCUT2D eigenvalue weighted by Crippen LogP contribution is -2.65. The molecule has 122 valence electrons. The van der Waals surface area contributed by atoms with Gasteiger partial charge < -0.3 is 20.1 Å². The fraction of sp³-hybridized carbons (Fsp3) is 0.692. The van der Waals surface area contributed by atoms with Crippen molar-refractivity contribution in [3.05, 3.63) is 17.7 Å². The number of imidazole rings is 1. The highest BCUT2D eigenvalue weighted by atomic mass is 19.4. The number of hydrogen-bond acceptors (Lipinski definition) is 4. The molecule has 9 heteroatoms. The Labute approximate surface area is 124 Å². The molecule has 0 unspecified atom stereocenters. The van der Waals surface area contributed by atoms with Crippen LogP contribution in [0, 0.1) is 5.41 Å². The number of aromatic amines is 1. The van der Waals surface area contributed by atoms with Gasteiger partial charge in [-0.15, -0.1) is 0 Å². The zero-order valence-corrected chi connectivity index (χ0v) is 11.6. The molecule has 2 heterocycles. The van der Waals surface area contributed by atoms with Gasteiger partial charge >= 0.3 is 6.18 Å². The highest BCUT2D eigenvalue weighted by Crippen LogP contribution is 2.49. The fourth-order valence-electron chi connectivity index (χ4n) is 3.31. The van der Waals surface area contributed by atoms with Crippen molar-refractivity contribution in [2.45, 2.75) is 37.6 Å². The van der Waals surface area contributed by atoms with Crippen LogP contribution in [-0.2, 0) is 10.9 Å². The number of carbonyl (C=O) groups is 1. The van der Waals surface area contributed by atoms with Crippen molar-refractivity contribution in [3.8, 4) is 0 Å². The number of aliphatic hydroxyl groups excluding tert-OH is 1. The lowest BCUT2D eigenvalue weighted by atomic mass is 9.58. The second kappa shape index (κ2) is 5.24. The number of ether oxygens (including phenoxy) is 1. The highest BCUT2D eigenvalue weighted by Gasteiger charge is 2.55. The van der Waals surface area contributed by atoms with E-state index < -0.39 is 35.0 Å². The molecule has 1 saturated heterocycles. The van der Waals surface area contributed by atoms with Gasteiger partial charge in [0, 0.05) is 24.7 Å². The van der Waals surface area contributed by atoms with Crippen LogP contribution in [0.15, 0.2) is 6.33 Å². The molecule has 1 aliphatic heterocycles. The van der Waals surface area contributed by atoms with Gasteiger partial charge in [-0.2, -0.15) is 13.2 Å². The smallest absolute Gasteiger partial charge is 0.392 e. The Morgan fingerprint density at radius 3 is 2.73 bits per heavy atom. The summed E-state index contributed by atoms with van der Waals surface area (Å²) in [6.07, 6.45) is -2.91. The zero-order chi connectivity index (χ0) is 16.0. The number of amides is 1. The van der Waals surface area contributed by atoms with E-state index in [1.54, 1.807) is 0 Å². The van der Waals surface area contributed by atoms with Crippen LogP contribution in [0.5, 0.6) is 0 Å². The van der Waals surface area contributed by atoms with Gasteiger partial charge in [-0.25, -0.2) is 4.98 Å². The predicted molar refractivity (Wildman–Crippen MR) is 68.0 cm³/mol. The molecule has 22 heavy (non-hydrogen) atoms. The van der Waals surface area contributed by atoms with Crippen molar-refractivity contribution in [2.24, 2.45) is 5.41 Å². The number of carbonyl (C=O) groups excluding carboxylic acids is 1. The summed E-state index contributed by atoms with van der Waals surface area (Å²) in [5.41, 5.74) is -2.33. The first kappa shape index (κ1) is 15.3. The molecule has 1 aromatic heterocycles. The van der Waals surface area contributed by atoms with E-state index in [0.29, 0.717) is 32.5 Å². The zero-order valence-electron chi connectivity index (χ0n) is 11.6. The molecular weight excluding hydrogens is 303 g/mol. The molecule has 3 N–H and O–H groups in total. The summed E-state index contributed by atoms with van der Waals surface area (Å²) in [5, 5.41) is 12.6. The Bertz CT molecular complexity index is 566. The van der Waals surface area contributed by atoms with Crippen molar-refractivity contribution in [3.63, 3.8) is 0 Å². The summed E-state index contributed by atoms with van der Waals surface area (Å²) >= 11 is 0. The molecule has 1 aliphatic carbocycles. The Morgan fingerprint density at radius 2 is 2.14 bits per heavy atom. The first-order chi connectivity index (χ1) is 10.3. The lowest BCUT2D eigenvalue weighted by Gasteiger charge is -2.55. The number of aliphatic hydroxyl groups is 1. The summed E-state index contributed by atoms with van der Waals surface area (Å²) in [4.78, 5) is 17.5. The molecule has 0 aromatic carbocycles. The topological polar surface area (TPSA) is 87.2 Å². The predicted octanol–water partition coefficient (Wildman–Crippen LogP) is 1.09. The van der Waals surface area contributed by atoms with Crippen LogP contribution in [0.1, 0.15) is 35.4 Å². The van der Waals surface area contributed by atoms with Crippen LogP contribution >= 0.6 is 0 Å². The SMILES string of the molecule is O=C(N[C@@H]1C[C@@H](O)C12CCOCC2)c1nc[nH]c1C(F)(F)F. The van der Waals surface area contributed by atoms with Crippen molar-refractivity contribution in [1.82, 2.24) is 15.3 Å². The molecule has 1 aromatic rings. The highest BCUT2D eigenvalue weighted by molar-refractivity contribution is 5.93. The van der Waals surface area contributed by atoms with Gasteiger partial charge in [-0.3, -0.25) is 4.79 Å². The third-order valence-corrected chi connectivity index (χ3v) is 4.68. The van der Waals surface area contributed by atoms with Crippen LogP contribution in [-0.4, -0.2) is 46.3 Å². The quantitative estimate of drug-likeness (QED) is 0.761. The fourth-order valence-corrected chi connectivity index (χ4v) is 3.31. The molecule has 0 bridgehead atoms. The second-order valence-corrected chi connectivity index (χ2v) is 5.75. The maximum atomic E-state index is 12.8. The van der Waals surface area contributed by atoms with Crippen LogP contribution in [0.3, 0.4) is 0 Å². The number of hydrogen-bond donors (Lipinski definition) is 3. The van der Waals surface area contributed by atoms with Crippen LogP contribution in [0.4, 0.5) is 13.2 Å². The molecule has 1 spiro atoms. The minimum absolute atomic E-state index is 0.331. The first-order valence-corrected chi connectivity index (χ1v) is 7.02. The summed E-state index contributed by atoms with van der Waals surface area (Å²) < 4.78 is 43.6. The largest absolute Gasteiger partial charge is 0.433 e. The summed E-state index contributed by atoms with van der Waals surface area (Å²) in [7, 11) is 0. The van der Waals surface area contributed by atoms with E-state index in [4.69, 9.17) is 4.74 Å². The maximum absolute atomic E-state index is 12.8. The molecule has 2 fully saturated rings. The lowest BCUT2D eigenvalue weighted by molar-refractivity contribution is -0.146. The molecule has 0 radical (unpaired) electrons. The number of alkyl halides is 3. The number of rotatable bonds is 2. The van der Waals surface area contributed by atoms with Crippen molar-refractivity contribution < 1.29 is 27.8 Å². The van der Waals surface area contributed by atoms with Crippen molar-refractivity contribution in [1.29, 1.82) is 0 Å². The summed E-state index contributed by atoms with van der Waals surface area (Å²) in [5.74, 6) is -0.878. The minimum atomic E-state index is -4.67. The van der Waals surface area contributed by atoms with Gasteiger partial charge in [-0.05, 0) is 19.3 Å². The average molecular weight is 319 g/mol. The van der Waals surface area contributed by atoms with Crippen LogP contribution < -0.4 is 5.32 Å². The van der Waals surface area contributed by atoms with E-state index >= 15 is 0 Å². The molecular formula is C13H16F3N3O3. The van der Waals surface area contributed by atoms with E-state index in [1.807, 2.05) is 4.98 Å². The molecule has 2 atom stereocenters. The number of aromatic nitrogens is 2. The maximum Gasteiger partial charge on any atom is 0.433 e. The molecule has 2 aliphatic rings. The second-order valence-electron chi connectivity index (χ2n) is 5.75. The number of H-pyrrole nitrogens is 1. The first-order valence-electron chi connectivity index (χ1n) is 7.02. The minimum Gasteiger partial charge on any atom is -0.392 e. The summed E-state index contributed by atoms with van der Waals surface area (Å²) in [6, 6.07) is -0.364. The number of nitrogens with zero attached hydrogens (tertiary/aromatic N) is 1. The van der Waals surface area contributed by atoms with E-state index in [2.05, 4.69) is 10.3 Å². The normalized spacial score (nSPS) is 27.5. The Morgan fingerprint density at radius 1 is 1.45 bits per heavy atom. The van der Waals surface area contributed by atoms with Gasteiger partial charge in [0.15, 0.2) is 11.4 Å². The number of halogens is 3. The Hall–Kier alpha value is -1.61. The van der Waals surface area contributed by atoms with Gasteiger partial charge in [0.2, 0.25) is 0 Å². The van der Waals surface area contributed by atoms with E-state index in [-0.39, 0.29) is 6.04 Å². The van der Waals surface area contributed by atoms with E-state index in [0.717, 1.165) is 6.33 Å². The van der Waals surface area contributed by atoms with Crippen molar-refractivity contribution in [2.75, 3.05) is 13.2 Å². The van der Waals surface area contributed by atoms with Gasteiger partial charge in [0.25, 0.3) is 5.91 Å². The Kier molecular flexibility index (Phi) is 3.64. The molecule has 1 saturated carbocycles. The molecule has 1 amide bonds. The summed E-state index contributed by atoms with van der Waals surface area (Å²) in [6.45, 7) is 0.944. The average Bonchev–Trinajstić information content (AvgIpc) is 2.97. The van der Waals surface area contributed by atoms with Gasteiger partial charge in [-0.1, -0.05) is 0 Å². The van der Waals surface area contributed by atoms with Crippen LogP contribution in [0.25, 0.3) is 0 Å².